The molecule has 0 aromatic carbocycles. The smallest absolute Gasteiger partial charge is 0.223 e. The van der Waals surface area contributed by atoms with Crippen molar-refractivity contribution in [2.75, 3.05) is 19.6 Å². The van der Waals surface area contributed by atoms with E-state index in [-0.39, 0.29) is 11.2 Å². The van der Waals surface area contributed by atoms with E-state index in [4.69, 9.17) is 12.8 Å². The SMILES string of the molecule is C#CCN(CC#C)CCn1ccc(=O)c(O)c1C. The zero-order valence-corrected chi connectivity index (χ0v) is 10.4. The van der Waals surface area contributed by atoms with E-state index in [0.29, 0.717) is 31.9 Å². The van der Waals surface area contributed by atoms with Crippen LogP contribution >= 0.6 is 0 Å². The Labute approximate surface area is 107 Å². The molecule has 1 N–H and O–H groups in total. The number of nitrogens with zero attached hydrogens (tertiary/aromatic N) is 2. The van der Waals surface area contributed by atoms with Gasteiger partial charge in [-0.05, 0) is 6.92 Å². The molecule has 0 unspecified atom stereocenters. The second kappa shape index (κ2) is 6.54. The predicted octanol–water partition coefficient (Wildman–Crippen LogP) is 0.431. The molecule has 0 atom stereocenters. The minimum Gasteiger partial charge on any atom is -0.503 e. The second-order valence-corrected chi connectivity index (χ2v) is 3.93. The van der Waals surface area contributed by atoms with Gasteiger partial charge in [0, 0.05) is 25.4 Å². The fourth-order valence-corrected chi connectivity index (χ4v) is 1.63. The molecule has 0 saturated heterocycles. The molecule has 1 heterocycles. The average molecular weight is 244 g/mol. The summed E-state index contributed by atoms with van der Waals surface area (Å²) in [4.78, 5) is 13.1. The summed E-state index contributed by atoms with van der Waals surface area (Å²) in [5, 5.41) is 9.55. The normalized spacial score (nSPS) is 10.0. The molecular weight excluding hydrogens is 228 g/mol. The maximum absolute atomic E-state index is 11.2. The molecule has 1 rings (SSSR count). The summed E-state index contributed by atoms with van der Waals surface area (Å²) >= 11 is 0. The summed E-state index contributed by atoms with van der Waals surface area (Å²) in [6.45, 7) is 3.94. The summed E-state index contributed by atoms with van der Waals surface area (Å²) in [6.07, 6.45) is 12.2. The molecule has 1 aromatic heterocycles. The summed E-state index contributed by atoms with van der Waals surface area (Å²) in [5.74, 6) is 4.88. The number of rotatable bonds is 5. The Hall–Kier alpha value is -2.17. The van der Waals surface area contributed by atoms with Crippen molar-refractivity contribution >= 4 is 0 Å². The standard InChI is InChI=1S/C14H16N2O2/c1-4-7-15(8-5-2)10-11-16-9-6-13(17)14(18)12(16)3/h1-2,6,9,18H,7-8,10-11H2,3H3. The molecule has 0 saturated carbocycles. The molecule has 0 aliphatic carbocycles. The first kappa shape index (κ1) is 13.9. The molecule has 18 heavy (non-hydrogen) atoms. The highest BCUT2D eigenvalue weighted by atomic mass is 16.3. The molecule has 0 bridgehead atoms. The Morgan fingerprint density at radius 1 is 1.39 bits per heavy atom. The van der Waals surface area contributed by atoms with Gasteiger partial charge in [0.25, 0.3) is 0 Å². The van der Waals surface area contributed by atoms with Crippen LogP contribution in [-0.2, 0) is 6.54 Å². The van der Waals surface area contributed by atoms with Gasteiger partial charge in [-0.25, -0.2) is 0 Å². The Bertz CT molecular complexity index is 530. The molecule has 0 amide bonds. The van der Waals surface area contributed by atoms with Crippen LogP contribution in [-0.4, -0.2) is 34.2 Å². The first-order chi connectivity index (χ1) is 8.60. The Morgan fingerprint density at radius 3 is 2.56 bits per heavy atom. The zero-order chi connectivity index (χ0) is 13.5. The summed E-state index contributed by atoms with van der Waals surface area (Å²) in [7, 11) is 0. The largest absolute Gasteiger partial charge is 0.503 e. The van der Waals surface area contributed by atoms with Gasteiger partial charge in [0.2, 0.25) is 5.43 Å². The molecule has 4 nitrogen and oxygen atoms in total. The lowest BCUT2D eigenvalue weighted by Gasteiger charge is -2.19. The average Bonchev–Trinajstić information content (AvgIpc) is 2.35. The van der Waals surface area contributed by atoms with Crippen molar-refractivity contribution < 1.29 is 5.11 Å². The molecular formula is C14H16N2O2. The minimum absolute atomic E-state index is 0.210. The van der Waals surface area contributed by atoms with Gasteiger partial charge in [-0.3, -0.25) is 9.69 Å². The zero-order valence-electron chi connectivity index (χ0n) is 10.4. The van der Waals surface area contributed by atoms with Gasteiger partial charge in [0.15, 0.2) is 5.75 Å². The molecule has 0 fully saturated rings. The topological polar surface area (TPSA) is 45.5 Å². The first-order valence-corrected chi connectivity index (χ1v) is 5.58. The van der Waals surface area contributed by atoms with E-state index in [1.807, 2.05) is 4.90 Å². The van der Waals surface area contributed by atoms with Crippen LogP contribution in [0.3, 0.4) is 0 Å². The van der Waals surface area contributed by atoms with Gasteiger partial charge in [-0.15, -0.1) is 12.8 Å². The number of aromatic nitrogens is 1. The van der Waals surface area contributed by atoms with Crippen molar-refractivity contribution in [2.24, 2.45) is 0 Å². The monoisotopic (exact) mass is 244 g/mol. The number of aromatic hydroxyl groups is 1. The summed E-state index contributed by atoms with van der Waals surface area (Å²) in [6, 6.07) is 1.34. The fraction of sp³-hybridized carbons (Fsp3) is 0.357. The third-order valence-corrected chi connectivity index (χ3v) is 2.70. The van der Waals surface area contributed by atoms with Crippen LogP contribution in [0.4, 0.5) is 0 Å². The fourth-order valence-electron chi connectivity index (χ4n) is 1.63. The molecule has 1 aromatic rings. The van der Waals surface area contributed by atoms with Crippen LogP contribution < -0.4 is 5.43 Å². The predicted molar refractivity (Wildman–Crippen MR) is 71.2 cm³/mol. The maximum atomic E-state index is 11.2. The van der Waals surface area contributed by atoms with Crippen molar-refractivity contribution in [1.29, 1.82) is 0 Å². The Balaban J connectivity index is 2.75. The van der Waals surface area contributed by atoms with Crippen LogP contribution in [0.5, 0.6) is 5.75 Å². The third kappa shape index (κ3) is 3.41. The minimum atomic E-state index is -0.368. The van der Waals surface area contributed by atoms with Gasteiger partial charge < -0.3 is 9.67 Å². The van der Waals surface area contributed by atoms with E-state index in [2.05, 4.69) is 11.8 Å². The van der Waals surface area contributed by atoms with E-state index < -0.39 is 0 Å². The van der Waals surface area contributed by atoms with Crippen molar-refractivity contribution in [3.8, 4) is 30.4 Å². The van der Waals surface area contributed by atoms with Crippen molar-refractivity contribution in [2.45, 2.75) is 13.5 Å². The van der Waals surface area contributed by atoms with Crippen molar-refractivity contribution in [3.05, 3.63) is 28.2 Å². The van der Waals surface area contributed by atoms with Crippen LogP contribution in [0.15, 0.2) is 17.1 Å². The van der Waals surface area contributed by atoms with Crippen molar-refractivity contribution in [3.63, 3.8) is 0 Å². The molecule has 0 radical (unpaired) electrons. The molecule has 0 aliphatic heterocycles. The van der Waals surface area contributed by atoms with E-state index in [1.165, 1.54) is 6.07 Å². The molecule has 0 spiro atoms. The highest BCUT2D eigenvalue weighted by Gasteiger charge is 2.06. The molecule has 94 valence electrons. The Kier molecular flexibility index (Phi) is 5.05. The maximum Gasteiger partial charge on any atom is 0.223 e. The highest BCUT2D eigenvalue weighted by molar-refractivity contribution is 5.25. The van der Waals surface area contributed by atoms with Gasteiger partial charge in [0.1, 0.15) is 0 Å². The van der Waals surface area contributed by atoms with Gasteiger partial charge in [-0.1, -0.05) is 11.8 Å². The quantitative estimate of drug-likeness (QED) is 0.764. The molecule has 0 aliphatic rings. The van der Waals surface area contributed by atoms with Crippen LogP contribution in [0.1, 0.15) is 5.69 Å². The van der Waals surface area contributed by atoms with Crippen LogP contribution in [0, 0.1) is 31.6 Å². The number of terminal acetylenes is 2. The van der Waals surface area contributed by atoms with E-state index >= 15 is 0 Å². The lowest BCUT2D eigenvalue weighted by atomic mass is 10.3. The van der Waals surface area contributed by atoms with Gasteiger partial charge in [0.05, 0.1) is 18.8 Å². The third-order valence-electron chi connectivity index (χ3n) is 2.70. The summed E-state index contributed by atoms with van der Waals surface area (Å²) < 4.78 is 1.80. The lowest BCUT2D eigenvalue weighted by Crippen LogP contribution is -2.29. The lowest BCUT2D eigenvalue weighted by molar-refractivity contribution is 0.324. The van der Waals surface area contributed by atoms with E-state index in [1.54, 1.807) is 17.7 Å². The number of pyridine rings is 1. The first-order valence-electron chi connectivity index (χ1n) is 5.58. The second-order valence-electron chi connectivity index (χ2n) is 3.93. The Morgan fingerprint density at radius 2 is 2.00 bits per heavy atom. The highest BCUT2D eigenvalue weighted by Crippen LogP contribution is 2.09. The van der Waals surface area contributed by atoms with E-state index in [0.717, 1.165) is 0 Å². The van der Waals surface area contributed by atoms with Gasteiger partial charge >= 0.3 is 0 Å². The van der Waals surface area contributed by atoms with E-state index in [9.17, 15) is 9.90 Å². The van der Waals surface area contributed by atoms with Crippen molar-refractivity contribution in [1.82, 2.24) is 9.47 Å². The van der Waals surface area contributed by atoms with Crippen LogP contribution in [0.25, 0.3) is 0 Å². The number of hydrogen-bond donors (Lipinski definition) is 1. The van der Waals surface area contributed by atoms with Crippen LogP contribution in [0.2, 0.25) is 0 Å². The van der Waals surface area contributed by atoms with Gasteiger partial charge in [-0.2, -0.15) is 0 Å². The molecule has 4 heteroatoms. The number of hydrogen-bond acceptors (Lipinski definition) is 3. The summed E-state index contributed by atoms with van der Waals surface area (Å²) in [5.41, 5.74) is 0.178.